The first kappa shape index (κ1) is 28.7. The number of rotatable bonds is 10. The second-order valence-electron chi connectivity index (χ2n) is 10.2. The second-order valence-corrected chi connectivity index (χ2v) is 10.2. The van der Waals surface area contributed by atoms with Gasteiger partial charge >= 0.3 is 11.9 Å². The van der Waals surface area contributed by atoms with Crippen LogP contribution in [-0.4, -0.2) is 75.9 Å². The average Bonchev–Trinajstić information content (AvgIpc) is 3.54. The fourth-order valence-electron chi connectivity index (χ4n) is 5.94. The Bertz CT molecular complexity index is 1490. The number of nitro groups is 1. The fourth-order valence-corrected chi connectivity index (χ4v) is 5.94. The number of esters is 2. The van der Waals surface area contributed by atoms with Gasteiger partial charge in [-0.3, -0.25) is 24.5 Å². The van der Waals surface area contributed by atoms with Crippen LogP contribution in [0.25, 0.3) is 0 Å². The van der Waals surface area contributed by atoms with E-state index in [1.54, 1.807) is 0 Å². The van der Waals surface area contributed by atoms with Crippen LogP contribution in [0.2, 0.25) is 0 Å². The van der Waals surface area contributed by atoms with Crippen LogP contribution in [0.5, 0.6) is 11.5 Å². The Labute approximate surface area is 238 Å². The van der Waals surface area contributed by atoms with Gasteiger partial charge in [-0.2, -0.15) is 0 Å². The molecule has 2 fully saturated rings. The van der Waals surface area contributed by atoms with E-state index >= 15 is 0 Å². The number of carbonyl (C=O) groups is 5. The molecule has 1 amide bonds. The summed E-state index contributed by atoms with van der Waals surface area (Å²) in [4.78, 5) is 78.2. The molecule has 0 radical (unpaired) electrons. The summed E-state index contributed by atoms with van der Waals surface area (Å²) >= 11 is 0. The maximum absolute atomic E-state index is 14.1. The maximum Gasteiger partial charge on any atom is 0.374 e. The van der Waals surface area contributed by atoms with E-state index in [1.165, 1.54) is 49.4 Å². The minimum atomic E-state index is -2.38. The number of methoxy groups -OCH3 is 1. The van der Waals surface area contributed by atoms with Crippen LogP contribution in [-0.2, 0) is 40.1 Å². The predicted octanol–water partition coefficient (Wildman–Crippen LogP) is 1.20. The van der Waals surface area contributed by atoms with Crippen LogP contribution in [0, 0.1) is 16.0 Å². The molecule has 0 unspecified atom stereocenters. The van der Waals surface area contributed by atoms with Crippen LogP contribution < -0.4 is 9.47 Å². The van der Waals surface area contributed by atoms with Crippen LogP contribution in [0.3, 0.4) is 0 Å². The number of hydrogen-bond donors (Lipinski definition) is 1. The van der Waals surface area contributed by atoms with E-state index in [-0.39, 0.29) is 30.2 Å². The summed E-state index contributed by atoms with van der Waals surface area (Å²) in [7, 11) is 1.01. The Morgan fingerprint density at radius 2 is 1.83 bits per heavy atom. The van der Waals surface area contributed by atoms with Crippen LogP contribution in [0.4, 0.5) is 5.69 Å². The molecule has 3 aliphatic rings. The van der Waals surface area contributed by atoms with E-state index in [0.29, 0.717) is 11.3 Å². The molecule has 3 aliphatic heterocycles. The van der Waals surface area contributed by atoms with Gasteiger partial charge in [-0.25, -0.2) is 9.59 Å². The molecule has 1 N–H and O–H groups in total. The third kappa shape index (κ3) is 4.53. The van der Waals surface area contributed by atoms with Crippen LogP contribution >= 0.6 is 0 Å². The van der Waals surface area contributed by atoms with Gasteiger partial charge in [0.2, 0.25) is 24.0 Å². The lowest BCUT2D eigenvalue weighted by Crippen LogP contribution is -2.72. The summed E-state index contributed by atoms with van der Waals surface area (Å²) in [5.74, 6) is -6.61. The molecule has 2 aromatic rings. The highest BCUT2D eigenvalue weighted by molar-refractivity contribution is 6.34. The normalized spacial score (nSPS) is 23.5. The Morgan fingerprint density at radius 3 is 2.48 bits per heavy atom. The van der Waals surface area contributed by atoms with E-state index in [1.807, 2.05) is 0 Å². The number of Topliss-reactive ketones (excluding diaryl/α,β-unsaturated/α-hetero) is 2. The number of aliphatic hydroxyl groups excluding tert-OH is 1. The molecule has 42 heavy (non-hydrogen) atoms. The molecule has 0 aliphatic carbocycles. The third-order valence-electron chi connectivity index (χ3n) is 7.92. The molecule has 14 heteroatoms. The lowest BCUT2D eigenvalue weighted by molar-refractivity contribution is -0.384. The van der Waals surface area contributed by atoms with E-state index in [4.69, 9.17) is 14.2 Å². The predicted molar refractivity (Wildman–Crippen MR) is 138 cm³/mol. The topological polar surface area (TPSA) is 189 Å². The minimum absolute atomic E-state index is 0.0886. The highest BCUT2D eigenvalue weighted by atomic mass is 16.7. The van der Waals surface area contributed by atoms with Gasteiger partial charge in [0.05, 0.1) is 30.1 Å². The van der Waals surface area contributed by atoms with Crippen molar-refractivity contribution in [3.63, 3.8) is 0 Å². The standard InChI is InChI=1S/C28H26N2O12/c1-14(31)24-19-11-23(33)28(29(19)25(24)34,27(36)40-12-15-3-6-17(7-4-15)30(37)38)18(10-20(32)26(35)39-2)16-5-8-21-22(9-16)42-13-41-21/h3-9,14,18-19,24,31H,10-13H2,1-2H3/t14-,18+,19-,24-,28+/m1/s1. The lowest BCUT2D eigenvalue weighted by Gasteiger charge is -2.52. The number of ether oxygens (including phenoxy) is 4. The monoisotopic (exact) mass is 582 g/mol. The van der Waals surface area contributed by atoms with Crippen molar-refractivity contribution in [2.45, 2.75) is 50.0 Å². The number of carbonyl (C=O) groups excluding carboxylic acids is 5. The van der Waals surface area contributed by atoms with E-state index in [0.717, 1.165) is 12.0 Å². The summed E-state index contributed by atoms with van der Waals surface area (Å²) in [6.07, 6.45) is -2.14. The molecule has 0 bridgehead atoms. The first-order chi connectivity index (χ1) is 20.0. The van der Waals surface area contributed by atoms with Gasteiger partial charge < -0.3 is 29.0 Å². The first-order valence-electron chi connectivity index (χ1n) is 13.0. The number of aliphatic hydroxyl groups is 1. The molecule has 0 saturated carbocycles. The number of β-lactam (4-membered cyclic amide) rings is 1. The average molecular weight is 583 g/mol. The summed E-state index contributed by atoms with van der Waals surface area (Å²) in [6, 6.07) is 8.76. The number of nitro benzene ring substituents is 1. The van der Waals surface area contributed by atoms with E-state index in [2.05, 4.69) is 4.74 Å². The molecular formula is C28H26N2O12. The minimum Gasteiger partial charge on any atom is -0.463 e. The van der Waals surface area contributed by atoms with E-state index < -0.39 is 76.9 Å². The zero-order chi connectivity index (χ0) is 30.3. The van der Waals surface area contributed by atoms with Crippen molar-refractivity contribution in [1.82, 2.24) is 4.90 Å². The third-order valence-corrected chi connectivity index (χ3v) is 7.92. The van der Waals surface area contributed by atoms with Crippen molar-refractivity contribution in [1.29, 1.82) is 0 Å². The second kappa shape index (κ2) is 10.9. The Hall–Kier alpha value is -4.85. The number of hydrogen-bond acceptors (Lipinski definition) is 12. The number of nitrogens with zero attached hydrogens (tertiary/aromatic N) is 2. The SMILES string of the molecule is COC(=O)C(=O)C[C@@H](c1ccc2c(c1)OCO2)[C@@]1(C(=O)OCc2ccc([N+](=O)[O-])cc2)C(=O)C[C@@H]2[C@@H]([C@@H](C)O)C(=O)N21. The summed E-state index contributed by atoms with van der Waals surface area (Å²) in [5, 5.41) is 21.2. The molecule has 14 nitrogen and oxygen atoms in total. The van der Waals surface area contributed by atoms with E-state index in [9.17, 15) is 39.2 Å². The van der Waals surface area contributed by atoms with Gasteiger partial charge in [0.25, 0.3) is 5.69 Å². The summed E-state index contributed by atoms with van der Waals surface area (Å²) in [6.45, 7) is 0.888. The highest BCUT2D eigenvalue weighted by Crippen LogP contribution is 2.53. The van der Waals surface area contributed by atoms with Crippen molar-refractivity contribution in [3.05, 3.63) is 63.7 Å². The van der Waals surface area contributed by atoms with Gasteiger partial charge in [0, 0.05) is 30.9 Å². The van der Waals surface area contributed by atoms with Gasteiger partial charge in [-0.15, -0.1) is 0 Å². The first-order valence-corrected chi connectivity index (χ1v) is 13.0. The number of fused-ring (bicyclic) bond motifs is 2. The molecular weight excluding hydrogens is 556 g/mol. The van der Waals surface area contributed by atoms with Gasteiger partial charge in [-0.1, -0.05) is 6.07 Å². The zero-order valence-corrected chi connectivity index (χ0v) is 22.5. The van der Waals surface area contributed by atoms with Crippen LogP contribution in [0.15, 0.2) is 42.5 Å². The molecule has 2 saturated heterocycles. The van der Waals surface area contributed by atoms with Crippen LogP contribution in [0.1, 0.15) is 36.8 Å². The van der Waals surface area contributed by atoms with Crippen molar-refractivity contribution in [2.75, 3.05) is 13.9 Å². The zero-order valence-electron chi connectivity index (χ0n) is 22.5. The van der Waals surface area contributed by atoms with Gasteiger partial charge in [-0.05, 0) is 42.3 Å². The number of amides is 1. The summed E-state index contributed by atoms with van der Waals surface area (Å²) < 4.78 is 20.9. The highest BCUT2D eigenvalue weighted by Gasteiger charge is 2.73. The molecule has 3 heterocycles. The maximum atomic E-state index is 14.1. The molecule has 220 valence electrons. The molecule has 5 atom stereocenters. The Morgan fingerprint density at radius 1 is 1.14 bits per heavy atom. The van der Waals surface area contributed by atoms with Gasteiger partial charge in [0.1, 0.15) is 6.61 Å². The molecule has 5 rings (SSSR count). The molecule has 2 aromatic carbocycles. The number of non-ortho nitro benzene ring substituents is 1. The van der Waals surface area contributed by atoms with Crippen molar-refractivity contribution < 1.29 is 52.9 Å². The number of benzene rings is 2. The van der Waals surface area contributed by atoms with Crippen molar-refractivity contribution >= 4 is 35.1 Å². The molecule has 0 aromatic heterocycles. The Kier molecular flexibility index (Phi) is 7.41. The fraction of sp³-hybridized carbons (Fsp3) is 0.393. The smallest absolute Gasteiger partial charge is 0.374 e. The lowest BCUT2D eigenvalue weighted by atomic mass is 9.72. The van der Waals surface area contributed by atoms with Gasteiger partial charge in [0.15, 0.2) is 17.3 Å². The largest absolute Gasteiger partial charge is 0.463 e. The quantitative estimate of drug-likeness (QED) is 0.105. The summed E-state index contributed by atoms with van der Waals surface area (Å²) in [5.41, 5.74) is -2.00. The van der Waals surface area contributed by atoms with Crippen molar-refractivity contribution in [3.8, 4) is 11.5 Å². The Balaban J connectivity index is 1.59. The molecule has 0 spiro atoms. The number of ketones is 2. The van der Waals surface area contributed by atoms with Crippen molar-refractivity contribution in [2.24, 2.45) is 5.92 Å².